The van der Waals surface area contributed by atoms with E-state index in [0.717, 1.165) is 11.1 Å². The molecule has 11 heteroatoms. The number of alkyl carbamates (subject to hydrolysis) is 1. The number of rotatable bonds is 12. The summed E-state index contributed by atoms with van der Waals surface area (Å²) in [5, 5.41) is 7.58. The van der Waals surface area contributed by atoms with Gasteiger partial charge < -0.3 is 31.2 Å². The summed E-state index contributed by atoms with van der Waals surface area (Å²) in [6.07, 6.45) is -1.23. The van der Waals surface area contributed by atoms with Crippen molar-refractivity contribution in [3.05, 3.63) is 71.8 Å². The second-order valence-corrected chi connectivity index (χ2v) is 9.89. The zero-order valence-corrected chi connectivity index (χ0v) is 22.6. The Kier molecular flexibility index (Phi) is 11.5. The largest absolute Gasteiger partial charge is 0.467 e. The van der Waals surface area contributed by atoms with E-state index in [1.807, 2.05) is 18.2 Å². The lowest BCUT2D eigenvalue weighted by molar-refractivity contribution is -0.145. The quantitative estimate of drug-likeness (QED) is 0.295. The predicted molar refractivity (Wildman–Crippen MR) is 143 cm³/mol. The van der Waals surface area contributed by atoms with Crippen LogP contribution in [0.25, 0.3) is 0 Å². The van der Waals surface area contributed by atoms with Gasteiger partial charge in [0.05, 0.1) is 13.5 Å². The van der Waals surface area contributed by atoms with Gasteiger partial charge >= 0.3 is 12.1 Å². The van der Waals surface area contributed by atoms with Gasteiger partial charge in [0.1, 0.15) is 23.7 Å². The van der Waals surface area contributed by atoms with Crippen molar-refractivity contribution < 1.29 is 33.4 Å². The van der Waals surface area contributed by atoms with Gasteiger partial charge in [-0.15, -0.1) is 0 Å². The van der Waals surface area contributed by atoms with E-state index < -0.39 is 59.9 Å². The highest BCUT2D eigenvalue weighted by Gasteiger charge is 2.32. The number of amides is 4. The average molecular weight is 541 g/mol. The Morgan fingerprint density at radius 1 is 0.744 bits per heavy atom. The number of benzene rings is 2. The number of nitrogens with one attached hydrogen (secondary N) is 3. The molecule has 3 atom stereocenters. The van der Waals surface area contributed by atoms with Crippen molar-refractivity contribution in [1.29, 1.82) is 0 Å². The van der Waals surface area contributed by atoms with Crippen molar-refractivity contribution in [2.45, 2.75) is 63.8 Å². The van der Waals surface area contributed by atoms with Crippen molar-refractivity contribution in [3.8, 4) is 0 Å². The van der Waals surface area contributed by atoms with Gasteiger partial charge in [-0.3, -0.25) is 14.4 Å². The number of esters is 1. The number of primary amides is 1. The molecule has 0 aliphatic rings. The summed E-state index contributed by atoms with van der Waals surface area (Å²) >= 11 is 0. The fourth-order valence-electron chi connectivity index (χ4n) is 3.65. The molecule has 2 aromatic carbocycles. The number of carbonyl (C=O) groups is 5. The summed E-state index contributed by atoms with van der Waals surface area (Å²) < 4.78 is 10.1. The Labute approximate surface area is 227 Å². The second-order valence-electron chi connectivity index (χ2n) is 9.89. The summed E-state index contributed by atoms with van der Waals surface area (Å²) in [5.74, 6) is -2.99. The highest BCUT2D eigenvalue weighted by Crippen LogP contribution is 2.10. The molecule has 0 saturated carbocycles. The second kappa shape index (κ2) is 14.5. The van der Waals surface area contributed by atoms with E-state index in [0.29, 0.717) is 0 Å². The maximum atomic E-state index is 13.4. The molecule has 0 radical (unpaired) electrons. The van der Waals surface area contributed by atoms with Crippen LogP contribution >= 0.6 is 0 Å². The Balaban J connectivity index is 2.27. The van der Waals surface area contributed by atoms with E-state index in [2.05, 4.69) is 16.0 Å². The molecule has 0 saturated heterocycles. The highest BCUT2D eigenvalue weighted by atomic mass is 16.6. The molecule has 0 aromatic heterocycles. The minimum atomic E-state index is -1.40. The van der Waals surface area contributed by atoms with Crippen molar-refractivity contribution in [3.63, 3.8) is 0 Å². The summed E-state index contributed by atoms with van der Waals surface area (Å²) in [6, 6.07) is 14.4. The first-order valence-corrected chi connectivity index (χ1v) is 12.4. The third kappa shape index (κ3) is 11.2. The van der Waals surface area contributed by atoms with Crippen molar-refractivity contribution >= 4 is 29.8 Å². The molecule has 0 spiro atoms. The van der Waals surface area contributed by atoms with Gasteiger partial charge in [-0.1, -0.05) is 60.7 Å². The Morgan fingerprint density at radius 2 is 1.21 bits per heavy atom. The Bertz CT molecular complexity index is 1130. The smallest absolute Gasteiger partial charge is 0.408 e. The van der Waals surface area contributed by atoms with E-state index in [4.69, 9.17) is 15.2 Å². The fraction of sp³-hybridized carbons (Fsp3) is 0.393. The molecule has 5 N–H and O–H groups in total. The lowest BCUT2D eigenvalue weighted by Crippen LogP contribution is -2.57. The zero-order valence-electron chi connectivity index (χ0n) is 22.6. The van der Waals surface area contributed by atoms with Crippen LogP contribution in [0.1, 0.15) is 38.3 Å². The molecule has 0 fully saturated rings. The molecule has 0 aliphatic heterocycles. The molecule has 39 heavy (non-hydrogen) atoms. The first-order chi connectivity index (χ1) is 18.4. The number of carbonyl (C=O) groups excluding carboxylic acids is 5. The van der Waals surface area contributed by atoms with Crippen LogP contribution in [0, 0.1) is 0 Å². The normalized spacial score (nSPS) is 13.2. The lowest BCUT2D eigenvalue weighted by atomic mass is 10.0. The molecular formula is C28H36N4O7. The minimum Gasteiger partial charge on any atom is -0.467 e. The Hall–Kier alpha value is -4.41. The molecule has 0 heterocycles. The van der Waals surface area contributed by atoms with Crippen LogP contribution in [0.5, 0.6) is 0 Å². The van der Waals surface area contributed by atoms with E-state index in [1.165, 1.54) is 7.11 Å². The molecule has 4 amide bonds. The average Bonchev–Trinajstić information content (AvgIpc) is 2.86. The maximum absolute atomic E-state index is 13.4. The van der Waals surface area contributed by atoms with Crippen LogP contribution in [-0.4, -0.2) is 60.6 Å². The maximum Gasteiger partial charge on any atom is 0.408 e. The van der Waals surface area contributed by atoms with E-state index in [1.54, 1.807) is 63.2 Å². The van der Waals surface area contributed by atoms with Crippen molar-refractivity contribution in [1.82, 2.24) is 16.0 Å². The predicted octanol–water partition coefficient (Wildman–Crippen LogP) is 1.38. The van der Waals surface area contributed by atoms with Gasteiger partial charge in [-0.2, -0.15) is 0 Å². The Morgan fingerprint density at radius 3 is 1.67 bits per heavy atom. The highest BCUT2D eigenvalue weighted by molar-refractivity contribution is 5.95. The minimum absolute atomic E-state index is 0.0629. The van der Waals surface area contributed by atoms with Crippen LogP contribution in [0.3, 0.4) is 0 Å². The number of methoxy groups -OCH3 is 1. The number of hydrogen-bond donors (Lipinski definition) is 4. The first kappa shape index (κ1) is 30.8. The fourth-order valence-corrected chi connectivity index (χ4v) is 3.65. The van der Waals surface area contributed by atoms with Gasteiger partial charge in [0.2, 0.25) is 17.7 Å². The molecule has 2 rings (SSSR count). The summed E-state index contributed by atoms with van der Waals surface area (Å²) in [7, 11) is 1.21. The summed E-state index contributed by atoms with van der Waals surface area (Å²) in [5.41, 5.74) is 5.96. The van der Waals surface area contributed by atoms with Gasteiger partial charge in [0, 0.05) is 12.8 Å². The standard InChI is InChI=1S/C28H36N4O7/c1-28(2,3)39-27(37)32-21(17-23(29)33)25(35)30-20(15-18-11-7-5-8-12-18)24(34)31-22(26(36)38-4)16-19-13-9-6-10-14-19/h5-14,20-22H,15-17H2,1-4H3,(H2,29,33)(H,30,35)(H,31,34)(H,32,37). The van der Waals surface area contributed by atoms with Crippen LogP contribution in [0.4, 0.5) is 4.79 Å². The van der Waals surface area contributed by atoms with Gasteiger partial charge in [0.15, 0.2) is 0 Å². The van der Waals surface area contributed by atoms with Crippen molar-refractivity contribution in [2.24, 2.45) is 5.73 Å². The van der Waals surface area contributed by atoms with Crippen molar-refractivity contribution in [2.75, 3.05) is 7.11 Å². The van der Waals surface area contributed by atoms with Crippen LogP contribution < -0.4 is 21.7 Å². The van der Waals surface area contributed by atoms with Crippen LogP contribution in [0.2, 0.25) is 0 Å². The third-order valence-corrected chi connectivity index (χ3v) is 5.41. The monoisotopic (exact) mass is 540 g/mol. The topological polar surface area (TPSA) is 166 Å². The number of ether oxygens (including phenoxy) is 2. The van der Waals surface area contributed by atoms with Crippen LogP contribution in [0.15, 0.2) is 60.7 Å². The van der Waals surface area contributed by atoms with Gasteiger partial charge in [-0.05, 0) is 31.9 Å². The third-order valence-electron chi connectivity index (χ3n) is 5.41. The van der Waals surface area contributed by atoms with E-state index >= 15 is 0 Å². The summed E-state index contributed by atoms with van der Waals surface area (Å²) in [6.45, 7) is 4.93. The van der Waals surface area contributed by atoms with E-state index in [9.17, 15) is 24.0 Å². The van der Waals surface area contributed by atoms with Gasteiger partial charge in [0.25, 0.3) is 0 Å². The molecular weight excluding hydrogens is 504 g/mol. The first-order valence-electron chi connectivity index (χ1n) is 12.4. The van der Waals surface area contributed by atoms with E-state index in [-0.39, 0.29) is 12.8 Å². The van der Waals surface area contributed by atoms with Crippen LogP contribution in [-0.2, 0) is 41.5 Å². The SMILES string of the molecule is COC(=O)C(Cc1ccccc1)NC(=O)C(Cc1ccccc1)NC(=O)C(CC(N)=O)NC(=O)OC(C)(C)C. The molecule has 0 bridgehead atoms. The molecule has 11 nitrogen and oxygen atoms in total. The zero-order chi connectivity index (χ0) is 29.0. The lowest BCUT2D eigenvalue weighted by Gasteiger charge is -2.26. The molecule has 210 valence electrons. The number of nitrogens with two attached hydrogens (primary N) is 1. The number of hydrogen-bond acceptors (Lipinski definition) is 7. The molecule has 3 unspecified atom stereocenters. The summed E-state index contributed by atoms with van der Waals surface area (Å²) in [4.78, 5) is 63.0. The van der Waals surface area contributed by atoms with Gasteiger partial charge in [-0.25, -0.2) is 9.59 Å². The molecule has 2 aromatic rings. The molecule has 0 aliphatic carbocycles.